The monoisotopic (exact) mass is 701 g/mol. The molecule has 3 aromatic rings. The second-order valence-corrected chi connectivity index (χ2v) is 22.4. The molecule has 0 unspecified atom stereocenters. The van der Waals surface area contributed by atoms with Crippen molar-refractivity contribution in [3.63, 3.8) is 0 Å². The Balaban J connectivity index is 1.30. The number of carbonyl (C=O) groups excluding carboxylic acids is 2. The minimum atomic E-state index is -3.16. The van der Waals surface area contributed by atoms with Gasteiger partial charge in [0.05, 0.1) is 11.4 Å². The third-order valence-electron chi connectivity index (χ3n) is 9.08. The Hall–Kier alpha value is -3.43. The first-order valence-corrected chi connectivity index (χ1v) is 22.5. The van der Waals surface area contributed by atoms with Gasteiger partial charge in [0, 0.05) is 50.5 Å². The number of amides is 2. The molecule has 12 nitrogen and oxygen atoms in total. The second kappa shape index (κ2) is 14.6. The summed E-state index contributed by atoms with van der Waals surface area (Å²) in [4.78, 5) is 31.5. The number of aryl methyl sites for hydroxylation is 2. The molecule has 2 amide bonds. The fraction of sp³-hybridized carbons (Fsp3) is 0.606. The lowest BCUT2D eigenvalue weighted by Crippen LogP contribution is -2.50. The van der Waals surface area contributed by atoms with Crippen LogP contribution < -0.4 is 10.6 Å². The SMILES string of the molecule is Cc1nn(COCC[Si](C)(C)C)c(C)c1-c1ccc(NC(=O)[C@@H](NC(=O)c2ccnn2CCCS(C)(=O)=O)C(C2CC2)C2CC2)nc1F. The zero-order chi connectivity index (χ0) is 34.8. The predicted octanol–water partition coefficient (Wildman–Crippen LogP) is 4.82. The van der Waals surface area contributed by atoms with E-state index in [4.69, 9.17) is 4.74 Å². The third kappa shape index (κ3) is 9.38. The van der Waals surface area contributed by atoms with Crippen molar-refractivity contribution >= 4 is 35.5 Å². The molecule has 0 aromatic carbocycles. The highest BCUT2D eigenvalue weighted by Gasteiger charge is 2.48. The van der Waals surface area contributed by atoms with Crippen molar-refractivity contribution in [1.29, 1.82) is 0 Å². The van der Waals surface area contributed by atoms with Crippen LogP contribution in [0.25, 0.3) is 11.1 Å². The summed E-state index contributed by atoms with van der Waals surface area (Å²) >= 11 is 0. The molecule has 5 rings (SSSR count). The van der Waals surface area contributed by atoms with Crippen molar-refractivity contribution in [2.24, 2.45) is 17.8 Å². The first kappa shape index (κ1) is 35.9. The molecule has 0 radical (unpaired) electrons. The van der Waals surface area contributed by atoms with Gasteiger partial charge in [0.25, 0.3) is 5.91 Å². The van der Waals surface area contributed by atoms with Gasteiger partial charge in [-0.3, -0.25) is 14.3 Å². The number of halogens is 1. The lowest BCUT2D eigenvalue weighted by atomic mass is 9.88. The summed E-state index contributed by atoms with van der Waals surface area (Å²) in [6.45, 7) is 11.7. The molecule has 0 saturated heterocycles. The van der Waals surface area contributed by atoms with Gasteiger partial charge in [-0.2, -0.15) is 14.6 Å². The Kier molecular flexibility index (Phi) is 10.9. The van der Waals surface area contributed by atoms with E-state index < -0.39 is 41.7 Å². The van der Waals surface area contributed by atoms with Crippen LogP contribution in [-0.4, -0.2) is 77.5 Å². The van der Waals surface area contributed by atoms with Crippen LogP contribution in [-0.2, 0) is 32.6 Å². The zero-order valence-corrected chi connectivity index (χ0v) is 30.6. The average Bonchev–Trinajstić information content (AvgIpc) is 3.93. The van der Waals surface area contributed by atoms with Crippen molar-refractivity contribution in [2.75, 3.05) is 23.9 Å². The van der Waals surface area contributed by atoms with Crippen LogP contribution in [0.5, 0.6) is 0 Å². The number of anilines is 1. The Bertz CT molecular complexity index is 1730. The first-order chi connectivity index (χ1) is 22.6. The summed E-state index contributed by atoms with van der Waals surface area (Å²) in [5, 5.41) is 14.5. The van der Waals surface area contributed by atoms with Gasteiger partial charge in [-0.05, 0) is 87.9 Å². The van der Waals surface area contributed by atoms with E-state index in [1.165, 1.54) is 17.1 Å². The normalized spacial score (nSPS) is 15.9. The maximum atomic E-state index is 15.6. The summed E-state index contributed by atoms with van der Waals surface area (Å²) in [5.41, 5.74) is 2.56. The van der Waals surface area contributed by atoms with Gasteiger partial charge >= 0.3 is 0 Å². The highest BCUT2D eigenvalue weighted by atomic mass is 32.2. The van der Waals surface area contributed by atoms with Crippen LogP contribution in [0.2, 0.25) is 25.7 Å². The molecule has 1 atom stereocenters. The molecule has 3 heterocycles. The maximum Gasteiger partial charge on any atom is 0.270 e. The summed E-state index contributed by atoms with van der Waals surface area (Å²) in [5.74, 6) is -1.05. The van der Waals surface area contributed by atoms with E-state index in [0.29, 0.717) is 36.1 Å². The summed E-state index contributed by atoms with van der Waals surface area (Å²) in [7, 11) is -4.38. The van der Waals surface area contributed by atoms with Crippen LogP contribution in [0, 0.1) is 37.5 Å². The molecule has 15 heteroatoms. The van der Waals surface area contributed by atoms with Crippen molar-refractivity contribution < 1.29 is 27.1 Å². The molecule has 2 N–H and O–H groups in total. The van der Waals surface area contributed by atoms with Gasteiger partial charge in [-0.25, -0.2) is 18.1 Å². The minimum absolute atomic E-state index is 0.0263. The lowest BCUT2D eigenvalue weighted by Gasteiger charge is -2.27. The van der Waals surface area contributed by atoms with Crippen molar-refractivity contribution in [3.8, 4) is 11.1 Å². The number of nitrogens with zero attached hydrogens (tertiary/aromatic N) is 5. The largest absolute Gasteiger partial charge is 0.360 e. The van der Waals surface area contributed by atoms with Gasteiger partial charge < -0.3 is 15.4 Å². The van der Waals surface area contributed by atoms with Crippen LogP contribution >= 0.6 is 0 Å². The molecule has 0 spiro atoms. The standard InChI is InChI=1S/C33H48FN7O5SSi/c1-21-28(22(2)41(39-21)20-46-17-19-48(4,5)6)25-12-13-27(36-31(25)34)37-33(43)30(29(23-8-9-23)24-10-11-24)38-32(42)26-14-15-35-40(26)16-7-18-47(3,44)45/h12-15,23-24,29-30H,7-11,16-20H2,1-6H3,(H,38,42)(H,36,37,43)/t30-/m0/s1. The van der Waals surface area contributed by atoms with E-state index in [1.807, 2.05) is 13.8 Å². The van der Waals surface area contributed by atoms with E-state index in [9.17, 15) is 18.0 Å². The predicted molar refractivity (Wildman–Crippen MR) is 184 cm³/mol. The Labute approximate surface area is 283 Å². The fourth-order valence-electron chi connectivity index (χ4n) is 6.26. The molecule has 2 aliphatic carbocycles. The molecule has 0 aliphatic heterocycles. The number of aromatic nitrogens is 5. The summed E-state index contributed by atoms with van der Waals surface area (Å²) in [6, 6.07) is 4.89. The first-order valence-electron chi connectivity index (χ1n) is 16.7. The molecule has 48 heavy (non-hydrogen) atoms. The average molecular weight is 702 g/mol. The molecule has 3 aromatic heterocycles. The number of rotatable bonds is 17. The highest BCUT2D eigenvalue weighted by molar-refractivity contribution is 7.90. The number of nitrogens with one attached hydrogen (secondary N) is 2. The molecule has 2 aliphatic rings. The van der Waals surface area contributed by atoms with Gasteiger partial charge in [-0.15, -0.1) is 0 Å². The summed E-state index contributed by atoms with van der Waals surface area (Å²) in [6.07, 6.45) is 6.90. The lowest BCUT2D eigenvalue weighted by molar-refractivity contribution is -0.119. The van der Waals surface area contributed by atoms with E-state index >= 15 is 4.39 Å². The molecule has 2 saturated carbocycles. The number of hydrogen-bond acceptors (Lipinski definition) is 8. The van der Waals surface area contributed by atoms with Crippen molar-refractivity contribution in [2.45, 2.75) is 91.0 Å². The van der Waals surface area contributed by atoms with Crippen molar-refractivity contribution in [1.82, 2.24) is 29.9 Å². The molecule has 262 valence electrons. The number of hydrogen-bond donors (Lipinski definition) is 2. The minimum Gasteiger partial charge on any atom is -0.360 e. The van der Waals surface area contributed by atoms with E-state index in [-0.39, 0.29) is 42.0 Å². The van der Waals surface area contributed by atoms with Crippen molar-refractivity contribution in [3.05, 3.63) is 47.4 Å². The zero-order valence-electron chi connectivity index (χ0n) is 28.8. The number of carbonyl (C=O) groups is 2. The molecular formula is C33H48FN7O5SSi. The van der Waals surface area contributed by atoms with Gasteiger partial charge in [0.2, 0.25) is 11.9 Å². The second-order valence-electron chi connectivity index (χ2n) is 14.5. The van der Waals surface area contributed by atoms with Crippen LogP contribution in [0.1, 0.15) is 54.0 Å². The fourth-order valence-corrected chi connectivity index (χ4v) is 7.67. The Morgan fingerprint density at radius 1 is 1.08 bits per heavy atom. The third-order valence-corrected chi connectivity index (χ3v) is 11.8. The quantitative estimate of drug-likeness (QED) is 0.116. The van der Waals surface area contributed by atoms with E-state index in [1.54, 1.807) is 22.9 Å². The van der Waals surface area contributed by atoms with Crippen LogP contribution in [0.3, 0.4) is 0 Å². The molecule has 2 fully saturated rings. The van der Waals surface area contributed by atoms with Crippen LogP contribution in [0.15, 0.2) is 24.4 Å². The number of pyridine rings is 1. The van der Waals surface area contributed by atoms with E-state index in [2.05, 4.69) is 45.5 Å². The van der Waals surface area contributed by atoms with E-state index in [0.717, 1.165) is 37.4 Å². The topological polar surface area (TPSA) is 150 Å². The smallest absolute Gasteiger partial charge is 0.270 e. The van der Waals surface area contributed by atoms with Crippen LogP contribution in [0.4, 0.5) is 10.2 Å². The Morgan fingerprint density at radius 2 is 1.77 bits per heavy atom. The van der Waals surface area contributed by atoms with Gasteiger partial charge in [-0.1, -0.05) is 19.6 Å². The van der Waals surface area contributed by atoms with Gasteiger partial charge in [0.1, 0.15) is 34.1 Å². The maximum absolute atomic E-state index is 15.6. The Morgan fingerprint density at radius 3 is 2.38 bits per heavy atom. The molecular weight excluding hydrogens is 654 g/mol. The summed E-state index contributed by atoms with van der Waals surface area (Å²) < 4.78 is 47.8. The highest BCUT2D eigenvalue weighted by Crippen LogP contribution is 2.51. The number of sulfone groups is 1. The molecule has 0 bridgehead atoms. The number of ether oxygens (including phenoxy) is 1. The van der Waals surface area contributed by atoms with Gasteiger partial charge in [0.15, 0.2) is 0 Å².